The monoisotopic (exact) mass is 388 g/mol. The van der Waals surface area contributed by atoms with Crippen molar-refractivity contribution in [3.8, 4) is 0 Å². The summed E-state index contributed by atoms with van der Waals surface area (Å²) in [6, 6.07) is 6.95. The minimum absolute atomic E-state index is 0.186. The zero-order valence-electron chi connectivity index (χ0n) is 17.8. The Kier molecular flexibility index (Phi) is 7.82. The fraction of sp³-hybridized carbons (Fsp3) is 0.727. The predicted molar refractivity (Wildman–Crippen MR) is 111 cm³/mol. The average Bonchev–Trinajstić information content (AvgIpc) is 2.72. The molecule has 6 heteroatoms. The van der Waals surface area contributed by atoms with E-state index in [9.17, 15) is 4.79 Å². The largest absolute Gasteiger partial charge is 0.383 e. The van der Waals surface area contributed by atoms with E-state index in [0.717, 1.165) is 51.3 Å². The zero-order valence-corrected chi connectivity index (χ0v) is 17.8. The van der Waals surface area contributed by atoms with Crippen LogP contribution in [0.2, 0.25) is 0 Å². The second-order valence-electron chi connectivity index (χ2n) is 8.34. The van der Waals surface area contributed by atoms with Gasteiger partial charge in [-0.15, -0.1) is 0 Å². The minimum atomic E-state index is 0.186. The van der Waals surface area contributed by atoms with Gasteiger partial charge in [0.25, 0.3) is 0 Å². The van der Waals surface area contributed by atoms with Crippen LogP contribution < -0.4 is 0 Å². The Labute approximate surface area is 169 Å². The first-order valence-electron chi connectivity index (χ1n) is 10.7. The second-order valence-corrected chi connectivity index (χ2v) is 8.34. The molecular formula is C22H36N4O2. The summed E-state index contributed by atoms with van der Waals surface area (Å²) in [5.41, 5.74) is 2.27. The third-order valence-electron chi connectivity index (χ3n) is 6.29. The zero-order chi connectivity index (χ0) is 19.9. The van der Waals surface area contributed by atoms with E-state index >= 15 is 0 Å². The van der Waals surface area contributed by atoms with Gasteiger partial charge in [-0.2, -0.15) is 0 Å². The molecule has 0 aromatic carbocycles. The van der Waals surface area contributed by atoms with E-state index in [0.29, 0.717) is 19.2 Å². The lowest BCUT2D eigenvalue weighted by molar-refractivity contribution is -0.136. The minimum Gasteiger partial charge on any atom is -0.383 e. The van der Waals surface area contributed by atoms with E-state index in [-0.39, 0.29) is 11.8 Å². The van der Waals surface area contributed by atoms with Crippen molar-refractivity contribution in [2.75, 3.05) is 53.5 Å². The molecule has 0 bridgehead atoms. The first-order valence-corrected chi connectivity index (χ1v) is 10.7. The molecule has 0 saturated carbocycles. The maximum atomic E-state index is 12.6. The lowest BCUT2D eigenvalue weighted by atomic mass is 9.92. The summed E-state index contributed by atoms with van der Waals surface area (Å²) in [5, 5.41) is 0. The molecule has 0 aliphatic carbocycles. The number of amides is 1. The Morgan fingerprint density at radius 2 is 1.89 bits per heavy atom. The molecule has 0 unspecified atom stereocenters. The van der Waals surface area contributed by atoms with E-state index in [4.69, 9.17) is 4.74 Å². The van der Waals surface area contributed by atoms with E-state index in [2.05, 4.69) is 39.9 Å². The van der Waals surface area contributed by atoms with Crippen LogP contribution in [0.1, 0.15) is 37.1 Å². The molecule has 0 N–H and O–H groups in total. The van der Waals surface area contributed by atoms with Crippen molar-refractivity contribution < 1.29 is 9.53 Å². The van der Waals surface area contributed by atoms with Gasteiger partial charge in [0.2, 0.25) is 5.91 Å². The summed E-state index contributed by atoms with van der Waals surface area (Å²) in [4.78, 5) is 24.2. The van der Waals surface area contributed by atoms with Gasteiger partial charge in [-0.05, 0) is 57.8 Å². The fourth-order valence-electron chi connectivity index (χ4n) is 4.52. The molecule has 0 radical (unpaired) electrons. The number of pyridine rings is 1. The SMILES string of the molecule is COCCN(C)C(=O)C1CCN(C2CCN(Cc3cccc(C)n3)CC2)CC1. The average molecular weight is 389 g/mol. The van der Waals surface area contributed by atoms with Crippen LogP contribution >= 0.6 is 0 Å². The van der Waals surface area contributed by atoms with E-state index < -0.39 is 0 Å². The highest BCUT2D eigenvalue weighted by Gasteiger charge is 2.31. The van der Waals surface area contributed by atoms with Gasteiger partial charge in [-0.25, -0.2) is 0 Å². The highest BCUT2D eigenvalue weighted by Crippen LogP contribution is 2.25. The van der Waals surface area contributed by atoms with Gasteiger partial charge < -0.3 is 14.5 Å². The summed E-state index contributed by atoms with van der Waals surface area (Å²) in [6.07, 6.45) is 4.42. The Bertz CT molecular complexity index is 623. The molecule has 3 heterocycles. The molecule has 0 spiro atoms. The second kappa shape index (κ2) is 10.3. The normalized spacial score (nSPS) is 20.4. The molecule has 28 heavy (non-hydrogen) atoms. The number of carbonyl (C=O) groups is 1. The van der Waals surface area contributed by atoms with Gasteiger partial charge >= 0.3 is 0 Å². The molecule has 1 amide bonds. The number of likely N-dealkylation sites (tertiary alicyclic amines) is 2. The Morgan fingerprint density at radius 1 is 1.18 bits per heavy atom. The van der Waals surface area contributed by atoms with Gasteiger partial charge in [0, 0.05) is 58.0 Å². The molecule has 2 aliphatic heterocycles. The highest BCUT2D eigenvalue weighted by molar-refractivity contribution is 5.78. The predicted octanol–water partition coefficient (Wildman–Crippen LogP) is 2.17. The molecule has 1 aromatic rings. The third-order valence-corrected chi connectivity index (χ3v) is 6.29. The summed E-state index contributed by atoms with van der Waals surface area (Å²) in [5.74, 6) is 0.475. The molecule has 2 saturated heterocycles. The van der Waals surface area contributed by atoms with Gasteiger partial charge in [0.05, 0.1) is 12.3 Å². The quantitative estimate of drug-likeness (QED) is 0.717. The van der Waals surface area contributed by atoms with Gasteiger partial charge in [-0.3, -0.25) is 14.7 Å². The molecule has 2 fully saturated rings. The van der Waals surface area contributed by atoms with Crippen molar-refractivity contribution in [3.63, 3.8) is 0 Å². The standard InChI is InChI=1S/C22H36N4O2/c1-18-5-4-6-20(23-18)17-25-11-9-21(10-12-25)26-13-7-19(8-14-26)22(27)24(2)15-16-28-3/h4-6,19,21H,7-17H2,1-3H3. The number of piperidine rings is 2. The van der Waals surface area contributed by atoms with Crippen molar-refractivity contribution in [3.05, 3.63) is 29.6 Å². The number of aromatic nitrogens is 1. The molecular weight excluding hydrogens is 352 g/mol. The Morgan fingerprint density at radius 3 is 2.54 bits per heavy atom. The summed E-state index contributed by atoms with van der Waals surface area (Å²) < 4.78 is 5.09. The first kappa shape index (κ1) is 21.2. The number of rotatable bonds is 7. The Hall–Kier alpha value is -1.50. The number of methoxy groups -OCH3 is 1. The smallest absolute Gasteiger partial charge is 0.225 e. The molecule has 0 atom stereocenters. The lowest BCUT2D eigenvalue weighted by Gasteiger charge is -2.42. The van der Waals surface area contributed by atoms with E-state index in [1.54, 1.807) is 7.11 Å². The van der Waals surface area contributed by atoms with Crippen LogP contribution in [0.15, 0.2) is 18.2 Å². The number of likely N-dealkylation sites (N-methyl/N-ethyl adjacent to an activating group) is 1. The molecule has 3 rings (SSSR count). The maximum absolute atomic E-state index is 12.6. The van der Waals surface area contributed by atoms with Gasteiger partial charge in [0.15, 0.2) is 0 Å². The van der Waals surface area contributed by atoms with Crippen molar-refractivity contribution >= 4 is 5.91 Å². The van der Waals surface area contributed by atoms with Crippen LogP contribution in [0.5, 0.6) is 0 Å². The van der Waals surface area contributed by atoms with Crippen molar-refractivity contribution in [1.29, 1.82) is 0 Å². The van der Waals surface area contributed by atoms with Crippen LogP contribution in [-0.2, 0) is 16.1 Å². The number of ether oxygens (including phenoxy) is 1. The fourth-order valence-corrected chi connectivity index (χ4v) is 4.52. The van der Waals surface area contributed by atoms with Gasteiger partial charge in [0.1, 0.15) is 0 Å². The number of aryl methyl sites for hydroxylation is 1. The lowest BCUT2D eigenvalue weighted by Crippen LogP contribution is -2.49. The summed E-state index contributed by atoms with van der Waals surface area (Å²) >= 11 is 0. The maximum Gasteiger partial charge on any atom is 0.225 e. The molecule has 6 nitrogen and oxygen atoms in total. The topological polar surface area (TPSA) is 48.9 Å². The number of nitrogens with zero attached hydrogens (tertiary/aromatic N) is 4. The van der Waals surface area contributed by atoms with Crippen LogP contribution in [0.3, 0.4) is 0 Å². The van der Waals surface area contributed by atoms with Crippen LogP contribution in [0.4, 0.5) is 0 Å². The molecule has 2 aliphatic rings. The summed E-state index contributed by atoms with van der Waals surface area (Å²) in [6.45, 7) is 8.69. The van der Waals surface area contributed by atoms with E-state index in [1.807, 2.05) is 11.9 Å². The van der Waals surface area contributed by atoms with Crippen LogP contribution in [0.25, 0.3) is 0 Å². The third kappa shape index (κ3) is 5.75. The van der Waals surface area contributed by atoms with Crippen LogP contribution in [0, 0.1) is 12.8 Å². The molecule has 156 valence electrons. The van der Waals surface area contributed by atoms with E-state index in [1.165, 1.54) is 18.5 Å². The summed E-state index contributed by atoms with van der Waals surface area (Å²) in [7, 11) is 3.58. The van der Waals surface area contributed by atoms with Gasteiger partial charge in [-0.1, -0.05) is 6.07 Å². The first-order chi connectivity index (χ1) is 13.6. The van der Waals surface area contributed by atoms with Crippen molar-refractivity contribution in [2.24, 2.45) is 5.92 Å². The number of carbonyl (C=O) groups excluding carboxylic acids is 1. The number of hydrogen-bond acceptors (Lipinski definition) is 5. The highest BCUT2D eigenvalue weighted by atomic mass is 16.5. The van der Waals surface area contributed by atoms with Crippen molar-refractivity contribution in [1.82, 2.24) is 19.7 Å². The number of hydrogen-bond donors (Lipinski definition) is 0. The molecule has 1 aromatic heterocycles. The van der Waals surface area contributed by atoms with Crippen molar-refractivity contribution in [2.45, 2.75) is 45.2 Å². The Balaban J connectivity index is 1.39. The van der Waals surface area contributed by atoms with Crippen LogP contribution in [-0.4, -0.2) is 85.1 Å².